The van der Waals surface area contributed by atoms with Crippen LogP contribution in [0.1, 0.15) is 70.9 Å². The third kappa shape index (κ3) is 4.29. The van der Waals surface area contributed by atoms with Crippen molar-refractivity contribution in [3.05, 3.63) is 10.6 Å². The third-order valence-electron chi connectivity index (χ3n) is 7.48. The number of carbonyl (C=O) groups excluding carboxylic acids is 2. The normalized spacial score (nSPS) is 26.6. The van der Waals surface area contributed by atoms with Crippen molar-refractivity contribution in [3.63, 3.8) is 0 Å². The van der Waals surface area contributed by atoms with Gasteiger partial charge >= 0.3 is 12.1 Å². The van der Waals surface area contributed by atoms with Crippen LogP contribution in [-0.4, -0.2) is 81.2 Å². The van der Waals surface area contributed by atoms with E-state index >= 15 is 0 Å². The summed E-state index contributed by atoms with van der Waals surface area (Å²) in [6.45, 7) is 13.7. The summed E-state index contributed by atoms with van der Waals surface area (Å²) in [5.41, 5.74) is 0.618. The SMILES string of the molecule is CC(C)(C)OC(=O)N1CC2CCC(C1)N2c1nc2c(s1)CN(C(=O)N1CCCC1(C)C)CC2. The number of urea groups is 1. The monoisotopic (exact) mass is 475 g/mol. The molecule has 9 heteroatoms. The minimum Gasteiger partial charge on any atom is -0.444 e. The molecule has 3 saturated heterocycles. The van der Waals surface area contributed by atoms with Gasteiger partial charge in [-0.1, -0.05) is 11.3 Å². The van der Waals surface area contributed by atoms with E-state index in [-0.39, 0.29) is 29.7 Å². The van der Waals surface area contributed by atoms with Crippen LogP contribution in [0, 0.1) is 0 Å². The van der Waals surface area contributed by atoms with Crippen molar-refractivity contribution in [2.45, 2.75) is 96.5 Å². The molecule has 3 amide bonds. The van der Waals surface area contributed by atoms with E-state index in [0.717, 1.165) is 56.0 Å². The summed E-state index contributed by atoms with van der Waals surface area (Å²) >= 11 is 1.74. The van der Waals surface area contributed by atoms with E-state index < -0.39 is 5.60 Å². The van der Waals surface area contributed by atoms with Gasteiger partial charge in [-0.25, -0.2) is 14.6 Å². The summed E-state index contributed by atoms with van der Waals surface area (Å²) in [6.07, 6.45) is 4.91. The van der Waals surface area contributed by atoms with Crippen LogP contribution in [0.15, 0.2) is 0 Å². The maximum Gasteiger partial charge on any atom is 0.410 e. The Morgan fingerprint density at radius 3 is 2.39 bits per heavy atom. The highest BCUT2D eigenvalue weighted by Gasteiger charge is 2.44. The Hall–Kier alpha value is -2.03. The van der Waals surface area contributed by atoms with Crippen LogP contribution >= 0.6 is 11.3 Å². The van der Waals surface area contributed by atoms with Crippen molar-refractivity contribution in [2.24, 2.45) is 0 Å². The lowest BCUT2D eigenvalue weighted by Gasteiger charge is -2.41. The number of likely N-dealkylation sites (tertiary alicyclic amines) is 2. The molecule has 5 heterocycles. The molecule has 0 aromatic carbocycles. The quantitative estimate of drug-likeness (QED) is 0.612. The molecule has 1 aromatic heterocycles. The molecule has 33 heavy (non-hydrogen) atoms. The Bertz CT molecular complexity index is 925. The fourth-order valence-corrected chi connectivity index (χ4v) is 7.04. The molecule has 0 aliphatic carbocycles. The first-order chi connectivity index (χ1) is 15.5. The van der Waals surface area contributed by atoms with E-state index in [1.807, 2.05) is 30.6 Å². The molecule has 0 N–H and O–H groups in total. The molecule has 4 aliphatic rings. The number of carbonyl (C=O) groups is 2. The second kappa shape index (κ2) is 8.03. The van der Waals surface area contributed by atoms with E-state index in [1.165, 1.54) is 4.88 Å². The van der Waals surface area contributed by atoms with Crippen molar-refractivity contribution in [3.8, 4) is 0 Å². The lowest BCUT2D eigenvalue weighted by atomic mass is 10.0. The fourth-order valence-electron chi connectivity index (χ4n) is 5.78. The summed E-state index contributed by atoms with van der Waals surface area (Å²) in [7, 11) is 0. The zero-order valence-electron chi connectivity index (χ0n) is 20.6. The van der Waals surface area contributed by atoms with Crippen LogP contribution < -0.4 is 4.90 Å². The van der Waals surface area contributed by atoms with E-state index in [1.54, 1.807) is 11.3 Å². The minimum absolute atomic E-state index is 0.0524. The number of hydrogen-bond acceptors (Lipinski definition) is 6. The van der Waals surface area contributed by atoms with Crippen molar-refractivity contribution in [1.82, 2.24) is 19.7 Å². The Balaban J connectivity index is 1.27. The van der Waals surface area contributed by atoms with Crippen molar-refractivity contribution in [1.29, 1.82) is 0 Å². The molecule has 2 unspecified atom stereocenters. The molecule has 3 fully saturated rings. The maximum absolute atomic E-state index is 13.2. The predicted molar refractivity (Wildman–Crippen MR) is 129 cm³/mol. The molecule has 5 rings (SSSR count). The van der Waals surface area contributed by atoms with Gasteiger partial charge in [0.1, 0.15) is 5.60 Å². The van der Waals surface area contributed by atoms with Gasteiger partial charge in [0.25, 0.3) is 0 Å². The van der Waals surface area contributed by atoms with Crippen molar-refractivity contribution in [2.75, 3.05) is 31.1 Å². The highest BCUT2D eigenvalue weighted by atomic mass is 32.1. The van der Waals surface area contributed by atoms with Gasteiger partial charge < -0.3 is 24.3 Å². The average Bonchev–Trinajstić information content (AvgIpc) is 3.37. The molecule has 0 spiro atoms. The highest BCUT2D eigenvalue weighted by molar-refractivity contribution is 7.15. The van der Waals surface area contributed by atoms with Crippen LogP contribution in [-0.2, 0) is 17.7 Å². The number of rotatable bonds is 1. The molecular formula is C24H37N5O3S. The molecule has 8 nitrogen and oxygen atoms in total. The molecule has 0 saturated carbocycles. The van der Waals surface area contributed by atoms with Gasteiger partial charge in [-0.2, -0.15) is 0 Å². The molecule has 4 aliphatic heterocycles. The summed E-state index contributed by atoms with van der Waals surface area (Å²) in [4.78, 5) is 40.5. The number of anilines is 1. The van der Waals surface area contributed by atoms with E-state index in [9.17, 15) is 9.59 Å². The van der Waals surface area contributed by atoms with Crippen LogP contribution in [0.3, 0.4) is 0 Å². The second-order valence-electron chi connectivity index (χ2n) is 11.6. The van der Waals surface area contributed by atoms with Gasteiger partial charge in [-0.3, -0.25) is 0 Å². The van der Waals surface area contributed by atoms with Crippen molar-refractivity contribution >= 4 is 28.6 Å². The first kappa shape index (κ1) is 22.7. The topological polar surface area (TPSA) is 69.2 Å². The van der Waals surface area contributed by atoms with Crippen LogP contribution in [0.25, 0.3) is 0 Å². The third-order valence-corrected chi connectivity index (χ3v) is 8.57. The molecule has 182 valence electrons. The Morgan fingerprint density at radius 1 is 1.09 bits per heavy atom. The summed E-state index contributed by atoms with van der Waals surface area (Å²) in [5, 5.41) is 1.06. The minimum atomic E-state index is -0.477. The molecular weight excluding hydrogens is 438 g/mol. The predicted octanol–water partition coefficient (Wildman–Crippen LogP) is 4.08. The smallest absolute Gasteiger partial charge is 0.410 e. The highest BCUT2D eigenvalue weighted by Crippen LogP contribution is 2.40. The van der Waals surface area contributed by atoms with Gasteiger partial charge in [0.2, 0.25) is 0 Å². The Morgan fingerprint density at radius 2 is 1.79 bits per heavy atom. The molecule has 2 atom stereocenters. The van der Waals surface area contributed by atoms with Crippen molar-refractivity contribution < 1.29 is 14.3 Å². The standard InChI is InChI=1S/C24H37N5O3S/c1-23(2,3)32-22(31)27-13-16-7-8-17(14-27)29(16)20-25-18-9-12-26(15-19(18)33-20)21(30)28-11-6-10-24(28,4)5/h16-17H,6-15H2,1-5H3. The van der Waals surface area contributed by atoms with Gasteiger partial charge in [-0.05, 0) is 60.3 Å². The van der Waals surface area contributed by atoms with Gasteiger partial charge in [0, 0.05) is 55.1 Å². The lowest BCUT2D eigenvalue weighted by Crippen LogP contribution is -2.56. The van der Waals surface area contributed by atoms with Crippen LogP contribution in [0.2, 0.25) is 0 Å². The Labute approximate surface area is 200 Å². The number of ether oxygens (including phenoxy) is 1. The maximum atomic E-state index is 13.2. The van der Waals surface area contributed by atoms with Gasteiger partial charge in [0.05, 0.1) is 12.2 Å². The number of piperazine rings is 1. The van der Waals surface area contributed by atoms with E-state index in [0.29, 0.717) is 19.6 Å². The second-order valence-corrected chi connectivity index (χ2v) is 12.6. The van der Waals surface area contributed by atoms with E-state index in [4.69, 9.17) is 9.72 Å². The zero-order chi connectivity index (χ0) is 23.5. The van der Waals surface area contributed by atoms with Crippen LogP contribution in [0.5, 0.6) is 0 Å². The molecule has 0 radical (unpaired) electrons. The summed E-state index contributed by atoms with van der Waals surface area (Å²) in [5.74, 6) is 0. The lowest BCUT2D eigenvalue weighted by molar-refractivity contribution is 0.0209. The number of amides is 3. The number of fused-ring (bicyclic) bond motifs is 3. The molecule has 1 aromatic rings. The average molecular weight is 476 g/mol. The van der Waals surface area contributed by atoms with E-state index in [2.05, 4.69) is 23.6 Å². The largest absolute Gasteiger partial charge is 0.444 e. The summed E-state index contributed by atoms with van der Waals surface area (Å²) in [6, 6.07) is 0.739. The summed E-state index contributed by atoms with van der Waals surface area (Å²) < 4.78 is 5.61. The zero-order valence-corrected chi connectivity index (χ0v) is 21.4. The van der Waals surface area contributed by atoms with Gasteiger partial charge in [-0.15, -0.1) is 0 Å². The Kier molecular flexibility index (Phi) is 5.53. The number of aromatic nitrogens is 1. The number of nitrogens with zero attached hydrogens (tertiary/aromatic N) is 5. The number of thiazole rings is 1. The fraction of sp³-hybridized carbons (Fsp3) is 0.792. The van der Waals surface area contributed by atoms with Crippen LogP contribution in [0.4, 0.5) is 14.7 Å². The first-order valence-corrected chi connectivity index (χ1v) is 13.1. The first-order valence-electron chi connectivity index (χ1n) is 12.3. The number of hydrogen-bond donors (Lipinski definition) is 0. The van der Waals surface area contributed by atoms with Gasteiger partial charge in [0.15, 0.2) is 5.13 Å². The molecule has 2 bridgehead atoms.